The van der Waals surface area contributed by atoms with Crippen LogP contribution in [-0.4, -0.2) is 11.2 Å². The zero-order valence-electron chi connectivity index (χ0n) is 8.92. The first-order chi connectivity index (χ1) is 7.51. The fraction of sp³-hybridized carbons (Fsp3) is 0.500. The number of benzene rings is 1. The van der Waals surface area contributed by atoms with Crippen LogP contribution in [0.2, 0.25) is 5.02 Å². The molecule has 0 spiro atoms. The zero-order valence-corrected chi connectivity index (χ0v) is 9.67. The Morgan fingerprint density at radius 1 is 1.38 bits per heavy atom. The van der Waals surface area contributed by atoms with Crippen LogP contribution < -0.4 is 5.73 Å². The lowest BCUT2D eigenvalue weighted by Gasteiger charge is -2.36. The highest BCUT2D eigenvalue weighted by atomic mass is 35.5. The molecule has 0 saturated heterocycles. The first-order valence-electron chi connectivity index (χ1n) is 5.44. The van der Waals surface area contributed by atoms with Crippen molar-refractivity contribution in [2.45, 2.75) is 37.3 Å². The van der Waals surface area contributed by atoms with Crippen LogP contribution in [0.1, 0.15) is 31.2 Å². The Balaban J connectivity index is 2.29. The molecular weight excluding hydrogens is 229 g/mol. The summed E-state index contributed by atoms with van der Waals surface area (Å²) < 4.78 is 12.9. The highest BCUT2D eigenvalue weighted by Gasteiger charge is 2.34. The number of nitrogens with two attached hydrogens (primary N) is 1. The van der Waals surface area contributed by atoms with E-state index in [0.29, 0.717) is 30.7 Å². The van der Waals surface area contributed by atoms with E-state index < -0.39 is 5.54 Å². The normalized spacial score (nSPS) is 30.4. The summed E-state index contributed by atoms with van der Waals surface area (Å²) in [6, 6.07) is 4.31. The van der Waals surface area contributed by atoms with Gasteiger partial charge < -0.3 is 10.8 Å². The van der Waals surface area contributed by atoms with Crippen molar-refractivity contribution in [1.82, 2.24) is 0 Å². The molecule has 0 aliphatic heterocycles. The number of aliphatic hydroxyl groups excluding tert-OH is 1. The summed E-state index contributed by atoms with van der Waals surface area (Å²) >= 11 is 6.01. The smallest absolute Gasteiger partial charge is 0.124 e. The van der Waals surface area contributed by atoms with Crippen molar-refractivity contribution in [1.29, 1.82) is 0 Å². The van der Waals surface area contributed by atoms with Crippen molar-refractivity contribution < 1.29 is 9.50 Å². The molecule has 1 aromatic rings. The lowest BCUT2D eigenvalue weighted by atomic mass is 9.76. The standard InChI is InChI=1S/C12H15ClFNO/c13-11-7-8(14)1-2-10(11)12(15)5-3-9(16)4-6-12/h1-2,7,9,16H,3-6,15H2. The van der Waals surface area contributed by atoms with E-state index in [9.17, 15) is 9.50 Å². The third-order valence-electron chi connectivity index (χ3n) is 3.31. The molecule has 2 nitrogen and oxygen atoms in total. The third kappa shape index (κ3) is 2.21. The molecule has 3 N–H and O–H groups in total. The van der Waals surface area contributed by atoms with Crippen molar-refractivity contribution in [3.05, 3.63) is 34.6 Å². The molecule has 88 valence electrons. The van der Waals surface area contributed by atoms with Crippen LogP contribution in [0.3, 0.4) is 0 Å². The van der Waals surface area contributed by atoms with E-state index in [4.69, 9.17) is 17.3 Å². The van der Waals surface area contributed by atoms with Gasteiger partial charge in [0.05, 0.1) is 6.10 Å². The Bertz CT molecular complexity index is 389. The molecule has 16 heavy (non-hydrogen) atoms. The highest BCUT2D eigenvalue weighted by Crippen LogP contribution is 2.38. The van der Waals surface area contributed by atoms with E-state index in [1.807, 2.05) is 0 Å². The van der Waals surface area contributed by atoms with Crippen LogP contribution in [0.5, 0.6) is 0 Å². The fourth-order valence-electron chi connectivity index (χ4n) is 2.28. The van der Waals surface area contributed by atoms with Crippen LogP contribution in [0.25, 0.3) is 0 Å². The van der Waals surface area contributed by atoms with Gasteiger partial charge in [0.15, 0.2) is 0 Å². The van der Waals surface area contributed by atoms with E-state index in [1.54, 1.807) is 6.07 Å². The van der Waals surface area contributed by atoms with Gasteiger partial charge in [-0.3, -0.25) is 0 Å². The summed E-state index contributed by atoms with van der Waals surface area (Å²) in [7, 11) is 0. The Labute approximate surface area is 99.2 Å². The van der Waals surface area contributed by atoms with Crippen LogP contribution in [0.4, 0.5) is 4.39 Å². The summed E-state index contributed by atoms with van der Waals surface area (Å²) in [5, 5.41) is 9.83. The second-order valence-electron chi connectivity index (χ2n) is 4.51. The summed E-state index contributed by atoms with van der Waals surface area (Å²) in [6.07, 6.45) is 2.43. The summed E-state index contributed by atoms with van der Waals surface area (Å²) in [4.78, 5) is 0. The van der Waals surface area contributed by atoms with Crippen molar-refractivity contribution >= 4 is 11.6 Å². The molecule has 0 aromatic heterocycles. The first-order valence-corrected chi connectivity index (χ1v) is 5.81. The van der Waals surface area contributed by atoms with Crippen molar-refractivity contribution in [3.63, 3.8) is 0 Å². The minimum Gasteiger partial charge on any atom is -0.393 e. The zero-order chi connectivity index (χ0) is 11.8. The molecule has 0 atom stereocenters. The van der Waals surface area contributed by atoms with Crippen LogP contribution >= 0.6 is 11.6 Å². The monoisotopic (exact) mass is 243 g/mol. The van der Waals surface area contributed by atoms with Gasteiger partial charge in [0.1, 0.15) is 5.82 Å². The second kappa shape index (κ2) is 4.32. The summed E-state index contributed by atoms with van der Waals surface area (Å²) in [6.45, 7) is 0. The predicted octanol–water partition coefficient (Wildman–Crippen LogP) is 2.57. The Kier molecular flexibility index (Phi) is 3.19. The highest BCUT2D eigenvalue weighted by molar-refractivity contribution is 6.31. The van der Waals surface area contributed by atoms with Gasteiger partial charge in [-0.2, -0.15) is 0 Å². The minimum atomic E-state index is -0.524. The Morgan fingerprint density at radius 3 is 2.56 bits per heavy atom. The Morgan fingerprint density at radius 2 is 2.00 bits per heavy atom. The summed E-state index contributed by atoms with van der Waals surface area (Å²) in [5.74, 6) is -0.354. The number of hydrogen-bond donors (Lipinski definition) is 2. The van der Waals surface area contributed by atoms with E-state index in [-0.39, 0.29) is 11.9 Å². The molecule has 1 aromatic carbocycles. The topological polar surface area (TPSA) is 46.2 Å². The van der Waals surface area contributed by atoms with Gasteiger partial charge in [0.2, 0.25) is 0 Å². The van der Waals surface area contributed by atoms with Gasteiger partial charge in [-0.1, -0.05) is 17.7 Å². The molecule has 1 aliphatic carbocycles. The molecule has 1 saturated carbocycles. The van der Waals surface area contributed by atoms with Gasteiger partial charge in [0, 0.05) is 10.6 Å². The van der Waals surface area contributed by atoms with E-state index in [1.165, 1.54) is 12.1 Å². The molecule has 0 unspecified atom stereocenters. The molecule has 1 fully saturated rings. The molecule has 0 amide bonds. The molecule has 0 heterocycles. The molecular formula is C12H15ClFNO. The average molecular weight is 244 g/mol. The van der Waals surface area contributed by atoms with E-state index >= 15 is 0 Å². The van der Waals surface area contributed by atoms with E-state index in [0.717, 1.165) is 5.56 Å². The molecule has 4 heteroatoms. The minimum absolute atomic E-state index is 0.268. The van der Waals surface area contributed by atoms with Crippen LogP contribution in [0, 0.1) is 5.82 Å². The van der Waals surface area contributed by atoms with E-state index in [2.05, 4.69) is 0 Å². The second-order valence-corrected chi connectivity index (χ2v) is 4.92. The lowest BCUT2D eigenvalue weighted by Crippen LogP contribution is -2.41. The van der Waals surface area contributed by atoms with Gasteiger partial charge in [-0.05, 0) is 43.4 Å². The predicted molar refractivity (Wildman–Crippen MR) is 61.8 cm³/mol. The average Bonchev–Trinajstić information content (AvgIpc) is 2.22. The maximum Gasteiger partial charge on any atom is 0.124 e. The third-order valence-corrected chi connectivity index (χ3v) is 3.63. The lowest BCUT2D eigenvalue weighted by molar-refractivity contribution is 0.0969. The van der Waals surface area contributed by atoms with Gasteiger partial charge in [-0.25, -0.2) is 4.39 Å². The van der Waals surface area contributed by atoms with Gasteiger partial charge in [-0.15, -0.1) is 0 Å². The molecule has 0 radical (unpaired) electrons. The SMILES string of the molecule is NC1(c2ccc(F)cc2Cl)CCC(O)CC1. The first kappa shape index (κ1) is 11.8. The van der Waals surface area contributed by atoms with Gasteiger partial charge in [0.25, 0.3) is 0 Å². The van der Waals surface area contributed by atoms with Crippen LogP contribution in [0.15, 0.2) is 18.2 Å². The van der Waals surface area contributed by atoms with Crippen LogP contribution in [-0.2, 0) is 5.54 Å². The molecule has 0 bridgehead atoms. The van der Waals surface area contributed by atoms with Crippen molar-refractivity contribution in [2.24, 2.45) is 5.73 Å². The van der Waals surface area contributed by atoms with Gasteiger partial charge >= 0.3 is 0 Å². The number of rotatable bonds is 1. The molecule has 2 rings (SSSR count). The summed E-state index contributed by atoms with van der Waals surface area (Å²) in [5.41, 5.74) is 6.53. The fourth-order valence-corrected chi connectivity index (χ4v) is 2.64. The largest absolute Gasteiger partial charge is 0.393 e. The number of aliphatic hydroxyl groups is 1. The quantitative estimate of drug-likeness (QED) is 0.796. The maximum absolute atomic E-state index is 12.9. The Hall–Kier alpha value is -0.640. The van der Waals surface area contributed by atoms with Crippen molar-refractivity contribution in [3.8, 4) is 0 Å². The number of hydrogen-bond acceptors (Lipinski definition) is 2. The molecule has 1 aliphatic rings. The number of halogens is 2. The maximum atomic E-state index is 12.9. The van der Waals surface area contributed by atoms with Crippen molar-refractivity contribution in [2.75, 3.05) is 0 Å².